The number of unbranched alkanes of at least 4 members (excludes halogenated alkanes) is 1. The van der Waals surface area contributed by atoms with Crippen molar-refractivity contribution in [3.05, 3.63) is 0 Å². The lowest BCUT2D eigenvalue weighted by atomic mass is 10.1. The Morgan fingerprint density at radius 3 is 2.75 bits per heavy atom. The van der Waals surface area contributed by atoms with E-state index in [2.05, 4.69) is 12.2 Å². The number of nitrogens with zero attached hydrogens (tertiary/aromatic N) is 1. The van der Waals surface area contributed by atoms with Gasteiger partial charge < -0.3 is 20.4 Å². The predicted octanol–water partition coefficient (Wildman–Crippen LogP) is 0.171. The van der Waals surface area contributed by atoms with E-state index in [0.29, 0.717) is 19.5 Å². The van der Waals surface area contributed by atoms with E-state index in [-0.39, 0.29) is 31.2 Å². The third-order valence-electron chi connectivity index (χ3n) is 3.04. The first-order valence-corrected chi connectivity index (χ1v) is 5.99. The van der Waals surface area contributed by atoms with E-state index in [1.165, 1.54) is 0 Å². The molecule has 0 aromatic rings. The van der Waals surface area contributed by atoms with Crippen molar-refractivity contribution >= 4 is 6.03 Å². The number of hydrogen-bond acceptors (Lipinski definition) is 3. The van der Waals surface area contributed by atoms with Gasteiger partial charge in [-0.2, -0.15) is 0 Å². The third-order valence-corrected chi connectivity index (χ3v) is 3.04. The lowest BCUT2D eigenvalue weighted by Gasteiger charge is -2.23. The minimum absolute atomic E-state index is 0.0301. The van der Waals surface area contributed by atoms with E-state index in [0.717, 1.165) is 12.8 Å². The van der Waals surface area contributed by atoms with Crippen molar-refractivity contribution in [3.63, 3.8) is 0 Å². The Balaban J connectivity index is 2.41. The Kier molecular flexibility index (Phi) is 5.55. The Labute approximate surface area is 96.4 Å². The molecule has 1 saturated heterocycles. The number of carbonyl (C=O) groups excluding carboxylic acids is 1. The lowest BCUT2D eigenvalue weighted by Crippen LogP contribution is -2.44. The van der Waals surface area contributed by atoms with E-state index >= 15 is 0 Å². The maximum Gasteiger partial charge on any atom is 0.317 e. The molecule has 94 valence electrons. The normalized spacial score (nSPS) is 24.8. The van der Waals surface area contributed by atoms with Crippen LogP contribution in [0.4, 0.5) is 4.79 Å². The summed E-state index contributed by atoms with van der Waals surface area (Å²) in [6, 6.07) is -0.262. The number of aliphatic hydroxyl groups excluding tert-OH is 2. The highest BCUT2D eigenvalue weighted by molar-refractivity contribution is 5.74. The molecular formula is C11H22N2O3. The Morgan fingerprint density at radius 2 is 2.19 bits per heavy atom. The van der Waals surface area contributed by atoms with Gasteiger partial charge in [0.2, 0.25) is 0 Å². The molecule has 1 fully saturated rings. The molecule has 0 aromatic heterocycles. The predicted molar refractivity (Wildman–Crippen MR) is 61.1 cm³/mol. The summed E-state index contributed by atoms with van der Waals surface area (Å²) in [7, 11) is 0. The molecule has 5 heteroatoms. The molecule has 2 atom stereocenters. The maximum absolute atomic E-state index is 11.8. The zero-order valence-corrected chi connectivity index (χ0v) is 9.85. The molecule has 0 aliphatic carbocycles. The van der Waals surface area contributed by atoms with Gasteiger partial charge in [0.15, 0.2) is 0 Å². The third kappa shape index (κ3) is 3.35. The van der Waals surface area contributed by atoms with Crippen LogP contribution in [0, 0.1) is 5.92 Å². The van der Waals surface area contributed by atoms with Crippen LogP contribution >= 0.6 is 0 Å². The second-order valence-electron chi connectivity index (χ2n) is 4.36. The molecular weight excluding hydrogens is 208 g/mol. The average Bonchev–Trinajstić information content (AvgIpc) is 2.72. The minimum atomic E-state index is -0.140. The van der Waals surface area contributed by atoms with Crippen LogP contribution in [0.25, 0.3) is 0 Å². The Bertz CT molecular complexity index is 223. The number of rotatable bonds is 5. The van der Waals surface area contributed by atoms with Crippen molar-refractivity contribution in [2.24, 2.45) is 5.92 Å². The number of urea groups is 1. The van der Waals surface area contributed by atoms with Gasteiger partial charge in [0.25, 0.3) is 0 Å². The minimum Gasteiger partial charge on any atom is -0.396 e. The van der Waals surface area contributed by atoms with Crippen molar-refractivity contribution in [1.82, 2.24) is 10.2 Å². The monoisotopic (exact) mass is 230 g/mol. The maximum atomic E-state index is 11.8. The van der Waals surface area contributed by atoms with E-state index in [4.69, 9.17) is 10.2 Å². The van der Waals surface area contributed by atoms with Crippen LogP contribution in [-0.2, 0) is 0 Å². The van der Waals surface area contributed by atoms with Gasteiger partial charge in [-0.25, -0.2) is 4.79 Å². The van der Waals surface area contributed by atoms with Crippen molar-refractivity contribution < 1.29 is 15.0 Å². The van der Waals surface area contributed by atoms with Crippen molar-refractivity contribution in [2.75, 3.05) is 26.3 Å². The fraction of sp³-hybridized carbons (Fsp3) is 0.909. The molecule has 3 N–H and O–H groups in total. The number of nitrogens with one attached hydrogen (secondary N) is 1. The fourth-order valence-corrected chi connectivity index (χ4v) is 2.04. The smallest absolute Gasteiger partial charge is 0.317 e. The summed E-state index contributed by atoms with van der Waals surface area (Å²) in [6.07, 6.45) is 2.70. The highest BCUT2D eigenvalue weighted by Gasteiger charge is 2.34. The SMILES string of the molecule is CCCCNC(=O)N1CC(CO)CC1CO. The topological polar surface area (TPSA) is 72.8 Å². The largest absolute Gasteiger partial charge is 0.396 e. The second-order valence-corrected chi connectivity index (χ2v) is 4.36. The lowest BCUT2D eigenvalue weighted by molar-refractivity contribution is 0.156. The van der Waals surface area contributed by atoms with Gasteiger partial charge in [0.1, 0.15) is 0 Å². The van der Waals surface area contributed by atoms with E-state index in [1.807, 2.05) is 0 Å². The van der Waals surface area contributed by atoms with Crippen LogP contribution in [0.3, 0.4) is 0 Å². The van der Waals surface area contributed by atoms with Crippen LogP contribution < -0.4 is 5.32 Å². The van der Waals surface area contributed by atoms with Gasteiger partial charge in [0, 0.05) is 25.6 Å². The van der Waals surface area contributed by atoms with Crippen LogP contribution in [0.15, 0.2) is 0 Å². The highest BCUT2D eigenvalue weighted by atomic mass is 16.3. The molecule has 0 aromatic carbocycles. The standard InChI is InChI=1S/C11H22N2O3/c1-2-3-4-12-11(16)13-6-9(7-14)5-10(13)8-15/h9-10,14-15H,2-8H2,1H3,(H,12,16). The van der Waals surface area contributed by atoms with Gasteiger partial charge in [0.05, 0.1) is 12.6 Å². The molecule has 1 heterocycles. The number of hydrogen-bond donors (Lipinski definition) is 3. The quantitative estimate of drug-likeness (QED) is 0.590. The molecule has 1 aliphatic rings. The number of carbonyl (C=O) groups is 1. The molecule has 2 amide bonds. The summed E-state index contributed by atoms with van der Waals surface area (Å²) in [5, 5.41) is 21.0. The molecule has 0 saturated carbocycles. The number of likely N-dealkylation sites (tertiary alicyclic amines) is 1. The summed E-state index contributed by atoms with van der Waals surface area (Å²) < 4.78 is 0. The first-order chi connectivity index (χ1) is 7.72. The summed E-state index contributed by atoms with van der Waals surface area (Å²) >= 11 is 0. The van der Waals surface area contributed by atoms with Crippen LogP contribution in [0.2, 0.25) is 0 Å². The number of amides is 2. The van der Waals surface area contributed by atoms with Gasteiger partial charge in [-0.1, -0.05) is 13.3 Å². The van der Waals surface area contributed by atoms with Crippen molar-refractivity contribution in [3.8, 4) is 0 Å². The van der Waals surface area contributed by atoms with Gasteiger partial charge in [-0.05, 0) is 12.8 Å². The second kappa shape index (κ2) is 6.70. The first-order valence-electron chi connectivity index (χ1n) is 5.99. The van der Waals surface area contributed by atoms with Crippen LogP contribution in [0.1, 0.15) is 26.2 Å². The van der Waals surface area contributed by atoms with E-state index < -0.39 is 0 Å². The van der Waals surface area contributed by atoms with Crippen molar-refractivity contribution in [2.45, 2.75) is 32.2 Å². The van der Waals surface area contributed by atoms with Gasteiger partial charge in [-0.3, -0.25) is 0 Å². The zero-order chi connectivity index (χ0) is 12.0. The molecule has 16 heavy (non-hydrogen) atoms. The molecule has 1 aliphatic heterocycles. The zero-order valence-electron chi connectivity index (χ0n) is 9.85. The summed E-state index contributed by atoms with van der Waals surface area (Å²) in [6.45, 7) is 3.33. The first kappa shape index (κ1) is 13.3. The summed E-state index contributed by atoms with van der Waals surface area (Å²) in [5.74, 6) is 0.106. The highest BCUT2D eigenvalue weighted by Crippen LogP contribution is 2.22. The van der Waals surface area contributed by atoms with E-state index in [1.54, 1.807) is 4.90 Å². The molecule has 1 rings (SSSR count). The van der Waals surface area contributed by atoms with Crippen LogP contribution in [-0.4, -0.2) is 53.5 Å². The van der Waals surface area contributed by atoms with Crippen molar-refractivity contribution in [1.29, 1.82) is 0 Å². The molecule has 0 spiro atoms. The molecule has 5 nitrogen and oxygen atoms in total. The molecule has 2 unspecified atom stereocenters. The summed E-state index contributed by atoms with van der Waals surface area (Å²) in [5.41, 5.74) is 0. The number of aliphatic hydroxyl groups is 2. The fourth-order valence-electron chi connectivity index (χ4n) is 2.04. The van der Waals surface area contributed by atoms with Crippen LogP contribution in [0.5, 0.6) is 0 Å². The van der Waals surface area contributed by atoms with Gasteiger partial charge in [-0.15, -0.1) is 0 Å². The Hall–Kier alpha value is -0.810. The summed E-state index contributed by atoms with van der Waals surface area (Å²) in [4.78, 5) is 13.4. The van der Waals surface area contributed by atoms with E-state index in [9.17, 15) is 4.79 Å². The molecule has 0 bridgehead atoms. The van der Waals surface area contributed by atoms with Gasteiger partial charge >= 0.3 is 6.03 Å². The Morgan fingerprint density at radius 1 is 1.44 bits per heavy atom. The average molecular weight is 230 g/mol. The molecule has 0 radical (unpaired) electrons.